The molecule has 0 aromatic heterocycles. The summed E-state index contributed by atoms with van der Waals surface area (Å²) >= 11 is 0. The summed E-state index contributed by atoms with van der Waals surface area (Å²) in [5.41, 5.74) is 0.431. The van der Waals surface area contributed by atoms with Crippen LogP contribution in [0, 0.1) is 5.92 Å². The molecule has 0 amide bonds. The van der Waals surface area contributed by atoms with Gasteiger partial charge >= 0.3 is 7.12 Å². The summed E-state index contributed by atoms with van der Waals surface area (Å²) in [6.45, 7) is 10.7. The maximum absolute atomic E-state index is 6.30. The molecule has 5 heteroatoms. The van der Waals surface area contributed by atoms with Crippen LogP contribution in [0.3, 0.4) is 0 Å². The van der Waals surface area contributed by atoms with E-state index in [1.165, 1.54) is 12.8 Å². The van der Waals surface area contributed by atoms with E-state index in [9.17, 15) is 0 Å². The smallest absolute Gasteiger partial charge is 0.490 e. The lowest BCUT2D eigenvalue weighted by atomic mass is 9.79. The Morgan fingerprint density at radius 2 is 1.46 bits per heavy atom. The Kier molecular flexibility index (Phi) is 4.61. The number of hydrogen-bond donors (Lipinski definition) is 1. The number of piperidine rings is 2. The fourth-order valence-electron chi connectivity index (χ4n) is 4.57. The Hall–Kier alpha value is -1.04. The number of fused-ring (bicyclic) bond motifs is 2. The van der Waals surface area contributed by atoms with Gasteiger partial charge in [0.05, 0.1) is 11.2 Å². The third kappa shape index (κ3) is 3.54. The zero-order valence-corrected chi connectivity index (χ0v) is 16.7. The SMILES string of the molecule is CC1C[C@@H]2CC(Oc3ccc(B4OC(C)(C)C(C)(C)O4)cc3)C[C@H](C1)N2. The highest BCUT2D eigenvalue weighted by molar-refractivity contribution is 6.62. The predicted octanol–water partition coefficient (Wildman–Crippen LogP) is 3.28. The molecule has 1 N–H and O–H groups in total. The molecule has 3 aliphatic heterocycles. The van der Waals surface area contributed by atoms with Crippen LogP contribution >= 0.6 is 0 Å². The topological polar surface area (TPSA) is 39.7 Å². The van der Waals surface area contributed by atoms with Crippen molar-refractivity contribution in [1.82, 2.24) is 5.32 Å². The van der Waals surface area contributed by atoms with Gasteiger partial charge in [0, 0.05) is 12.1 Å². The molecule has 2 bridgehead atoms. The van der Waals surface area contributed by atoms with Crippen molar-refractivity contribution in [3.63, 3.8) is 0 Å². The number of nitrogens with one attached hydrogen (secondary N) is 1. The van der Waals surface area contributed by atoms with Gasteiger partial charge in [-0.1, -0.05) is 19.1 Å². The van der Waals surface area contributed by atoms with Crippen molar-refractivity contribution in [2.75, 3.05) is 0 Å². The van der Waals surface area contributed by atoms with Crippen LogP contribution in [0.2, 0.25) is 0 Å². The molecule has 4 rings (SSSR count). The van der Waals surface area contributed by atoms with Crippen molar-refractivity contribution in [3.8, 4) is 5.75 Å². The molecular formula is C21H32BNO3. The molecule has 1 aromatic carbocycles. The molecular weight excluding hydrogens is 325 g/mol. The molecule has 0 spiro atoms. The van der Waals surface area contributed by atoms with Crippen LogP contribution in [0.15, 0.2) is 24.3 Å². The van der Waals surface area contributed by atoms with Gasteiger partial charge in [-0.25, -0.2) is 0 Å². The molecule has 3 fully saturated rings. The van der Waals surface area contributed by atoms with Crippen molar-refractivity contribution < 1.29 is 14.0 Å². The second-order valence-electron chi connectivity index (χ2n) is 9.51. The number of hydrogen-bond acceptors (Lipinski definition) is 4. The molecule has 0 aliphatic carbocycles. The lowest BCUT2D eigenvalue weighted by Gasteiger charge is -2.42. The average Bonchev–Trinajstić information content (AvgIpc) is 2.75. The van der Waals surface area contributed by atoms with Gasteiger partial charge in [-0.2, -0.15) is 0 Å². The highest BCUT2D eigenvalue weighted by atomic mass is 16.7. The lowest BCUT2D eigenvalue weighted by molar-refractivity contribution is 0.00578. The summed E-state index contributed by atoms with van der Waals surface area (Å²) in [7, 11) is -0.311. The summed E-state index contributed by atoms with van der Waals surface area (Å²) in [6.07, 6.45) is 5.09. The fourth-order valence-corrected chi connectivity index (χ4v) is 4.57. The summed E-state index contributed by atoms with van der Waals surface area (Å²) in [5.74, 6) is 1.79. The largest absolute Gasteiger partial charge is 0.494 e. The summed E-state index contributed by atoms with van der Waals surface area (Å²) < 4.78 is 18.6. The molecule has 0 radical (unpaired) electrons. The average molecular weight is 357 g/mol. The van der Waals surface area contributed by atoms with E-state index in [0.717, 1.165) is 30.0 Å². The normalized spacial score (nSPS) is 35.3. The van der Waals surface area contributed by atoms with E-state index in [-0.39, 0.29) is 18.3 Å². The van der Waals surface area contributed by atoms with Gasteiger partial charge in [0.15, 0.2) is 0 Å². The second-order valence-corrected chi connectivity index (χ2v) is 9.51. The van der Waals surface area contributed by atoms with Gasteiger partial charge in [-0.3, -0.25) is 0 Å². The first-order chi connectivity index (χ1) is 12.2. The highest BCUT2D eigenvalue weighted by Crippen LogP contribution is 2.36. The summed E-state index contributed by atoms with van der Waals surface area (Å²) in [5, 5.41) is 3.75. The Morgan fingerprint density at radius 3 is 2.00 bits per heavy atom. The van der Waals surface area contributed by atoms with Crippen LogP contribution in [-0.4, -0.2) is 36.5 Å². The number of benzene rings is 1. The minimum Gasteiger partial charge on any atom is -0.490 e. The quantitative estimate of drug-likeness (QED) is 0.843. The minimum atomic E-state index is -0.311. The molecule has 3 aliphatic rings. The van der Waals surface area contributed by atoms with Crippen LogP contribution < -0.4 is 15.5 Å². The zero-order valence-electron chi connectivity index (χ0n) is 16.7. The molecule has 3 saturated heterocycles. The molecule has 4 nitrogen and oxygen atoms in total. The third-order valence-corrected chi connectivity index (χ3v) is 6.65. The van der Waals surface area contributed by atoms with Crippen molar-refractivity contribution in [3.05, 3.63) is 24.3 Å². The van der Waals surface area contributed by atoms with E-state index in [4.69, 9.17) is 14.0 Å². The first kappa shape index (κ1) is 18.3. The molecule has 142 valence electrons. The van der Waals surface area contributed by atoms with Crippen molar-refractivity contribution in [2.24, 2.45) is 5.92 Å². The van der Waals surface area contributed by atoms with Crippen LogP contribution in [0.1, 0.15) is 60.3 Å². The lowest BCUT2D eigenvalue weighted by Crippen LogP contribution is -2.53. The summed E-state index contributed by atoms with van der Waals surface area (Å²) in [4.78, 5) is 0. The Morgan fingerprint density at radius 1 is 0.923 bits per heavy atom. The third-order valence-electron chi connectivity index (χ3n) is 6.65. The van der Waals surface area contributed by atoms with E-state index in [0.29, 0.717) is 18.2 Å². The Bertz CT molecular complexity index is 611. The number of rotatable bonds is 3. The Balaban J connectivity index is 1.38. The van der Waals surface area contributed by atoms with Gasteiger partial charge in [0.25, 0.3) is 0 Å². The van der Waals surface area contributed by atoms with E-state index >= 15 is 0 Å². The van der Waals surface area contributed by atoms with E-state index in [2.05, 4.69) is 64.2 Å². The van der Waals surface area contributed by atoms with Crippen LogP contribution in [0.4, 0.5) is 0 Å². The molecule has 2 unspecified atom stereocenters. The van der Waals surface area contributed by atoms with Crippen molar-refractivity contribution in [1.29, 1.82) is 0 Å². The van der Waals surface area contributed by atoms with Gasteiger partial charge in [-0.15, -0.1) is 0 Å². The first-order valence-corrected chi connectivity index (χ1v) is 10.1. The van der Waals surface area contributed by atoms with Crippen LogP contribution in [0.25, 0.3) is 0 Å². The van der Waals surface area contributed by atoms with Crippen molar-refractivity contribution in [2.45, 2.75) is 89.7 Å². The minimum absolute atomic E-state index is 0.309. The molecule has 0 saturated carbocycles. The van der Waals surface area contributed by atoms with E-state index in [1.807, 2.05) is 0 Å². The fraction of sp³-hybridized carbons (Fsp3) is 0.714. The van der Waals surface area contributed by atoms with Crippen molar-refractivity contribution >= 4 is 12.6 Å². The first-order valence-electron chi connectivity index (χ1n) is 10.1. The van der Waals surface area contributed by atoms with Gasteiger partial charge in [-0.05, 0) is 76.9 Å². The molecule has 3 heterocycles. The van der Waals surface area contributed by atoms with E-state index < -0.39 is 0 Å². The van der Waals surface area contributed by atoms with Gasteiger partial charge in [0.1, 0.15) is 11.9 Å². The van der Waals surface area contributed by atoms with Crippen LogP contribution in [-0.2, 0) is 9.31 Å². The van der Waals surface area contributed by atoms with E-state index in [1.54, 1.807) is 0 Å². The monoisotopic (exact) mass is 357 g/mol. The molecule has 26 heavy (non-hydrogen) atoms. The maximum Gasteiger partial charge on any atom is 0.494 e. The number of ether oxygens (including phenoxy) is 1. The highest BCUT2D eigenvalue weighted by Gasteiger charge is 2.51. The maximum atomic E-state index is 6.30. The standard InChI is InChI=1S/C21H32BNO3/c1-14-10-16-12-19(13-17(11-14)23-16)24-18-8-6-15(7-9-18)22-25-20(2,3)21(4,5)26-22/h6-9,14,16-17,19,23H,10-13H2,1-5H3/t14?,16-,17+,19?. The molecule has 1 aromatic rings. The second kappa shape index (κ2) is 6.54. The predicted molar refractivity (Wildman–Crippen MR) is 105 cm³/mol. The van der Waals surface area contributed by atoms with Gasteiger partial charge in [0.2, 0.25) is 0 Å². The van der Waals surface area contributed by atoms with Crippen LogP contribution in [0.5, 0.6) is 5.75 Å². The summed E-state index contributed by atoms with van der Waals surface area (Å²) in [6, 6.07) is 9.49. The van der Waals surface area contributed by atoms with Gasteiger partial charge < -0.3 is 19.4 Å². The molecule has 4 atom stereocenters. The Labute approximate surface area is 158 Å². The zero-order chi connectivity index (χ0) is 18.5.